The molecule has 0 saturated carbocycles. The maximum absolute atomic E-state index is 13.8. The molecule has 12 heteroatoms. The number of nitrogens with two attached hydrogens (primary N) is 1. The van der Waals surface area contributed by atoms with Crippen molar-refractivity contribution in [1.82, 2.24) is 19.5 Å². The molecular weight excluding hydrogens is 475 g/mol. The Labute approximate surface area is 204 Å². The molecule has 0 aliphatic heterocycles. The van der Waals surface area contributed by atoms with Gasteiger partial charge in [-0.05, 0) is 55.8 Å². The molecule has 36 heavy (non-hydrogen) atoms. The molecule has 4 aromatic rings. The molecule has 0 saturated heterocycles. The highest BCUT2D eigenvalue weighted by Crippen LogP contribution is 2.34. The van der Waals surface area contributed by atoms with Gasteiger partial charge in [0.25, 0.3) is 0 Å². The average Bonchev–Trinajstić information content (AvgIpc) is 3.12. The molecule has 0 spiro atoms. The summed E-state index contributed by atoms with van der Waals surface area (Å²) in [5.41, 5.74) is 5.87. The zero-order valence-corrected chi connectivity index (χ0v) is 19.3. The fourth-order valence-corrected chi connectivity index (χ4v) is 3.50. The van der Waals surface area contributed by atoms with Gasteiger partial charge < -0.3 is 25.7 Å². The molecular formula is C24H22F3N7O2. The summed E-state index contributed by atoms with van der Waals surface area (Å²) < 4.78 is 48.5. The number of aryl methyl sites for hydroxylation is 2. The fourth-order valence-electron chi connectivity index (χ4n) is 3.50. The Hall–Kier alpha value is -4.61. The number of nitrogens with zero attached hydrogens (tertiary/aromatic N) is 4. The second-order valence-corrected chi connectivity index (χ2v) is 7.89. The minimum Gasteiger partial charge on any atom is -0.439 e. The van der Waals surface area contributed by atoms with E-state index >= 15 is 0 Å². The van der Waals surface area contributed by atoms with Gasteiger partial charge in [0.2, 0.25) is 11.8 Å². The fraction of sp³-hybridized carbons (Fsp3) is 0.167. The summed E-state index contributed by atoms with van der Waals surface area (Å²) in [6, 6.07) is 10.8. The van der Waals surface area contributed by atoms with Crippen molar-refractivity contribution < 1.29 is 22.7 Å². The molecule has 0 bridgehead atoms. The number of anilines is 3. The average molecular weight is 497 g/mol. The molecule has 186 valence electrons. The Kier molecular flexibility index (Phi) is 6.77. The second kappa shape index (κ2) is 9.94. The minimum atomic E-state index is -4.60. The van der Waals surface area contributed by atoms with E-state index in [4.69, 9.17) is 10.5 Å². The number of rotatable bonds is 6. The first-order chi connectivity index (χ1) is 17.1. The van der Waals surface area contributed by atoms with Crippen LogP contribution in [0.15, 0.2) is 60.9 Å². The summed E-state index contributed by atoms with van der Waals surface area (Å²) in [7, 11) is 0. The van der Waals surface area contributed by atoms with Crippen LogP contribution in [0.25, 0.3) is 0 Å². The summed E-state index contributed by atoms with van der Waals surface area (Å²) >= 11 is 0. The zero-order chi connectivity index (χ0) is 25.9. The Morgan fingerprint density at radius 2 is 1.72 bits per heavy atom. The van der Waals surface area contributed by atoms with Crippen LogP contribution in [-0.4, -0.2) is 25.6 Å². The van der Waals surface area contributed by atoms with Crippen LogP contribution in [0.3, 0.4) is 0 Å². The maximum atomic E-state index is 13.8. The van der Waals surface area contributed by atoms with E-state index in [1.807, 2.05) is 0 Å². The van der Waals surface area contributed by atoms with Gasteiger partial charge in [-0.15, -0.1) is 0 Å². The van der Waals surface area contributed by atoms with Gasteiger partial charge in [0.05, 0.1) is 11.3 Å². The highest BCUT2D eigenvalue weighted by Gasteiger charge is 2.34. The lowest BCUT2D eigenvalue weighted by molar-refractivity contribution is -0.138. The first-order valence-electron chi connectivity index (χ1n) is 10.7. The van der Waals surface area contributed by atoms with E-state index in [0.29, 0.717) is 23.0 Å². The molecule has 2 aromatic carbocycles. The number of alkyl halides is 3. The van der Waals surface area contributed by atoms with Crippen molar-refractivity contribution in [1.29, 1.82) is 0 Å². The summed E-state index contributed by atoms with van der Waals surface area (Å²) in [5, 5.41) is 5.01. The van der Waals surface area contributed by atoms with Gasteiger partial charge in [-0.3, -0.25) is 0 Å². The Morgan fingerprint density at radius 1 is 1.03 bits per heavy atom. The van der Waals surface area contributed by atoms with Crippen LogP contribution >= 0.6 is 0 Å². The molecule has 4 N–H and O–H groups in total. The molecule has 2 aromatic heterocycles. The largest absolute Gasteiger partial charge is 0.439 e. The SMILES string of the molecule is Cc1cn(Cc2ccc(NC(=O)Nc3ccc(Oc4ccnc(N)n4)cc3)cc2C(F)(F)F)c(C)n1. The number of nitrogens with one attached hydrogen (secondary N) is 2. The molecule has 0 unspecified atom stereocenters. The van der Waals surface area contributed by atoms with Crippen molar-refractivity contribution >= 4 is 23.4 Å². The first-order valence-corrected chi connectivity index (χ1v) is 10.7. The van der Waals surface area contributed by atoms with E-state index in [-0.39, 0.29) is 29.6 Å². The van der Waals surface area contributed by atoms with Crippen molar-refractivity contribution in [2.24, 2.45) is 0 Å². The van der Waals surface area contributed by atoms with Crippen molar-refractivity contribution in [2.45, 2.75) is 26.6 Å². The number of hydrogen-bond acceptors (Lipinski definition) is 6. The van der Waals surface area contributed by atoms with Crippen LogP contribution in [-0.2, 0) is 12.7 Å². The van der Waals surface area contributed by atoms with Crippen LogP contribution in [0.4, 0.5) is 35.3 Å². The van der Waals surface area contributed by atoms with Crippen molar-refractivity contribution in [3.8, 4) is 11.6 Å². The van der Waals surface area contributed by atoms with Crippen LogP contribution in [0.2, 0.25) is 0 Å². The van der Waals surface area contributed by atoms with E-state index in [1.54, 1.807) is 48.9 Å². The van der Waals surface area contributed by atoms with Gasteiger partial charge in [0.1, 0.15) is 11.6 Å². The second-order valence-electron chi connectivity index (χ2n) is 7.89. The number of hydrogen-bond donors (Lipinski definition) is 3. The van der Waals surface area contributed by atoms with Gasteiger partial charge in [-0.2, -0.15) is 18.2 Å². The van der Waals surface area contributed by atoms with E-state index in [1.165, 1.54) is 24.4 Å². The standard InChI is InChI=1S/C24H22F3N7O2/c1-14-12-34(15(2)30-14)13-16-3-4-18(11-20(16)24(25,26)27)32-23(35)31-17-5-7-19(8-6-17)36-21-9-10-29-22(28)33-21/h3-12H,13H2,1-2H3,(H2,28,29,33)(H2,31,32,35). The lowest BCUT2D eigenvalue weighted by atomic mass is 10.1. The monoisotopic (exact) mass is 497 g/mol. The third-order valence-corrected chi connectivity index (χ3v) is 5.09. The molecule has 2 amide bonds. The number of nitrogen functional groups attached to an aromatic ring is 1. The predicted molar refractivity (Wildman–Crippen MR) is 128 cm³/mol. The number of imidazole rings is 1. The number of urea groups is 1. The molecule has 0 fully saturated rings. The highest BCUT2D eigenvalue weighted by molar-refractivity contribution is 5.99. The summed E-state index contributed by atoms with van der Waals surface area (Å²) in [6.07, 6.45) is -1.46. The molecule has 0 aliphatic rings. The van der Waals surface area contributed by atoms with E-state index < -0.39 is 17.8 Å². The molecule has 0 atom stereocenters. The number of aromatic nitrogens is 4. The van der Waals surface area contributed by atoms with Crippen molar-refractivity contribution in [2.75, 3.05) is 16.4 Å². The van der Waals surface area contributed by atoms with E-state index in [2.05, 4.69) is 25.6 Å². The molecule has 9 nitrogen and oxygen atoms in total. The van der Waals surface area contributed by atoms with Crippen LogP contribution in [0.1, 0.15) is 22.6 Å². The van der Waals surface area contributed by atoms with Crippen molar-refractivity contribution in [3.63, 3.8) is 0 Å². The zero-order valence-electron chi connectivity index (χ0n) is 19.3. The highest BCUT2D eigenvalue weighted by atomic mass is 19.4. The lowest BCUT2D eigenvalue weighted by Crippen LogP contribution is -2.20. The molecule has 2 heterocycles. The third kappa shape index (κ3) is 6.09. The van der Waals surface area contributed by atoms with E-state index in [9.17, 15) is 18.0 Å². The maximum Gasteiger partial charge on any atom is 0.416 e. The van der Waals surface area contributed by atoms with Gasteiger partial charge >= 0.3 is 12.2 Å². The summed E-state index contributed by atoms with van der Waals surface area (Å²) in [5.74, 6) is 1.37. The number of carbonyl (C=O) groups excluding carboxylic acids is 1. The molecule has 0 aliphatic carbocycles. The number of carbonyl (C=O) groups is 1. The number of halogens is 3. The predicted octanol–water partition coefficient (Wildman–Crippen LogP) is 5.38. The molecule has 0 radical (unpaired) electrons. The van der Waals surface area contributed by atoms with E-state index in [0.717, 1.165) is 6.07 Å². The smallest absolute Gasteiger partial charge is 0.416 e. The normalized spacial score (nSPS) is 11.2. The first kappa shape index (κ1) is 24.5. The third-order valence-electron chi connectivity index (χ3n) is 5.09. The van der Waals surface area contributed by atoms with Gasteiger partial charge in [-0.25, -0.2) is 14.8 Å². The molecule has 4 rings (SSSR count). The summed E-state index contributed by atoms with van der Waals surface area (Å²) in [4.78, 5) is 24.3. The van der Waals surface area contributed by atoms with Crippen molar-refractivity contribution in [3.05, 3.63) is 83.6 Å². The summed E-state index contributed by atoms with van der Waals surface area (Å²) in [6.45, 7) is 3.50. The van der Waals surface area contributed by atoms with Gasteiger partial charge in [0, 0.05) is 36.4 Å². The Bertz CT molecular complexity index is 1390. The Balaban J connectivity index is 1.43. The quantitative estimate of drug-likeness (QED) is 0.329. The lowest BCUT2D eigenvalue weighted by Gasteiger charge is -2.16. The minimum absolute atomic E-state index is 0.00316. The van der Waals surface area contributed by atoms with Crippen LogP contribution < -0.4 is 21.1 Å². The van der Waals surface area contributed by atoms with Gasteiger partial charge in [-0.1, -0.05) is 6.07 Å². The number of benzene rings is 2. The number of amides is 2. The Morgan fingerprint density at radius 3 is 2.36 bits per heavy atom. The van der Waals surface area contributed by atoms with Gasteiger partial charge in [0.15, 0.2) is 0 Å². The number of ether oxygens (including phenoxy) is 1. The van der Waals surface area contributed by atoms with Crippen LogP contribution in [0, 0.1) is 13.8 Å². The topological polar surface area (TPSA) is 120 Å². The van der Waals surface area contributed by atoms with Crippen LogP contribution in [0.5, 0.6) is 11.6 Å².